The summed E-state index contributed by atoms with van der Waals surface area (Å²) in [5.74, 6) is -0.105. The Balaban J connectivity index is 2.37. The van der Waals surface area contributed by atoms with Crippen LogP contribution in [-0.4, -0.2) is 47.4 Å². The SMILES string of the molecule is CC1(C)CN(c2ncc(N)cc2C(N)=O)CC(CO)O1. The highest BCUT2D eigenvalue weighted by Crippen LogP contribution is 2.27. The van der Waals surface area contributed by atoms with Crippen molar-refractivity contribution < 1.29 is 14.6 Å². The summed E-state index contributed by atoms with van der Waals surface area (Å²) in [6.45, 7) is 4.73. The van der Waals surface area contributed by atoms with Gasteiger partial charge in [0.15, 0.2) is 0 Å². The second-order valence-electron chi connectivity index (χ2n) is 5.57. The number of nitrogens with zero attached hydrogens (tertiary/aromatic N) is 2. The van der Waals surface area contributed by atoms with Crippen LogP contribution < -0.4 is 16.4 Å². The molecule has 20 heavy (non-hydrogen) atoms. The van der Waals surface area contributed by atoms with E-state index in [2.05, 4.69) is 4.98 Å². The molecule has 1 fully saturated rings. The second-order valence-corrected chi connectivity index (χ2v) is 5.57. The van der Waals surface area contributed by atoms with Gasteiger partial charge in [-0.25, -0.2) is 4.98 Å². The lowest BCUT2D eigenvalue weighted by molar-refractivity contribution is -0.101. The van der Waals surface area contributed by atoms with Crippen LogP contribution in [0.3, 0.4) is 0 Å². The number of hydrogen-bond acceptors (Lipinski definition) is 6. The average molecular weight is 280 g/mol. The summed E-state index contributed by atoms with van der Waals surface area (Å²) in [4.78, 5) is 17.7. The summed E-state index contributed by atoms with van der Waals surface area (Å²) in [5.41, 5.74) is 11.2. The molecule has 1 aliphatic heterocycles. The van der Waals surface area contributed by atoms with Gasteiger partial charge < -0.3 is 26.2 Å². The first-order valence-electron chi connectivity index (χ1n) is 6.41. The van der Waals surface area contributed by atoms with E-state index in [0.717, 1.165) is 0 Å². The van der Waals surface area contributed by atoms with Crippen molar-refractivity contribution in [3.63, 3.8) is 0 Å². The maximum absolute atomic E-state index is 11.5. The smallest absolute Gasteiger partial charge is 0.252 e. The molecule has 2 rings (SSSR count). The quantitative estimate of drug-likeness (QED) is 0.702. The molecular formula is C13H20N4O3. The van der Waals surface area contributed by atoms with Crippen LogP contribution in [-0.2, 0) is 4.74 Å². The Morgan fingerprint density at radius 2 is 2.35 bits per heavy atom. The molecule has 7 heteroatoms. The molecule has 0 bridgehead atoms. The Bertz CT molecular complexity index is 518. The standard InChI is InChI=1S/C13H20N4O3/c1-13(2)7-17(5-9(6-18)20-13)12-10(11(15)19)3-8(14)4-16-12/h3-4,9,18H,5-7,14H2,1-2H3,(H2,15,19). The third-order valence-corrected chi connectivity index (χ3v) is 3.14. The normalized spacial score (nSPS) is 21.8. The molecule has 1 aliphatic rings. The van der Waals surface area contributed by atoms with E-state index in [1.54, 1.807) is 0 Å². The van der Waals surface area contributed by atoms with Crippen molar-refractivity contribution in [3.8, 4) is 0 Å². The highest BCUT2D eigenvalue weighted by Gasteiger charge is 2.34. The highest BCUT2D eigenvalue weighted by molar-refractivity contribution is 5.98. The van der Waals surface area contributed by atoms with Crippen LogP contribution in [0.25, 0.3) is 0 Å². The van der Waals surface area contributed by atoms with Crippen LogP contribution in [0.1, 0.15) is 24.2 Å². The molecule has 1 aromatic rings. The molecule has 110 valence electrons. The minimum absolute atomic E-state index is 0.0964. The van der Waals surface area contributed by atoms with Crippen LogP contribution in [0, 0.1) is 0 Å². The fourth-order valence-electron chi connectivity index (χ4n) is 2.46. The van der Waals surface area contributed by atoms with Gasteiger partial charge in [0, 0.05) is 13.1 Å². The minimum Gasteiger partial charge on any atom is -0.397 e. The van der Waals surface area contributed by atoms with Gasteiger partial charge in [-0.3, -0.25) is 4.79 Å². The van der Waals surface area contributed by atoms with E-state index in [4.69, 9.17) is 16.2 Å². The van der Waals surface area contributed by atoms with Crippen LogP contribution in [0.15, 0.2) is 12.3 Å². The van der Waals surface area contributed by atoms with E-state index in [1.807, 2.05) is 18.7 Å². The number of anilines is 2. The van der Waals surface area contributed by atoms with Gasteiger partial charge in [0.2, 0.25) is 0 Å². The third-order valence-electron chi connectivity index (χ3n) is 3.14. The van der Waals surface area contributed by atoms with Crippen LogP contribution in [0.4, 0.5) is 11.5 Å². The zero-order valence-corrected chi connectivity index (χ0v) is 11.7. The number of hydrogen-bond donors (Lipinski definition) is 3. The molecule has 1 saturated heterocycles. The van der Waals surface area contributed by atoms with Crippen molar-refractivity contribution >= 4 is 17.4 Å². The number of morpholine rings is 1. The Labute approximate surface area is 117 Å². The lowest BCUT2D eigenvalue weighted by Crippen LogP contribution is -2.54. The van der Waals surface area contributed by atoms with Gasteiger partial charge >= 0.3 is 0 Å². The number of pyridine rings is 1. The maximum Gasteiger partial charge on any atom is 0.252 e. The summed E-state index contributed by atoms with van der Waals surface area (Å²) in [6, 6.07) is 1.51. The van der Waals surface area contributed by atoms with E-state index < -0.39 is 11.5 Å². The number of nitrogen functional groups attached to an aromatic ring is 1. The molecule has 0 spiro atoms. The summed E-state index contributed by atoms with van der Waals surface area (Å²) >= 11 is 0. The van der Waals surface area contributed by atoms with Crippen molar-refractivity contribution in [2.75, 3.05) is 30.3 Å². The number of ether oxygens (including phenoxy) is 1. The lowest BCUT2D eigenvalue weighted by Gasteiger charge is -2.43. The largest absolute Gasteiger partial charge is 0.397 e. The summed E-state index contributed by atoms with van der Waals surface area (Å²) in [7, 11) is 0. The van der Waals surface area contributed by atoms with Crippen molar-refractivity contribution in [1.82, 2.24) is 4.98 Å². The predicted molar refractivity (Wildman–Crippen MR) is 75.4 cm³/mol. The number of aromatic nitrogens is 1. The van der Waals surface area contributed by atoms with Crippen LogP contribution in [0.5, 0.6) is 0 Å². The maximum atomic E-state index is 11.5. The monoisotopic (exact) mass is 280 g/mol. The van der Waals surface area contributed by atoms with Gasteiger partial charge in [0.05, 0.1) is 35.8 Å². The Kier molecular flexibility index (Phi) is 3.82. The van der Waals surface area contributed by atoms with Crippen molar-refractivity contribution in [3.05, 3.63) is 17.8 Å². The molecule has 1 atom stereocenters. The number of amides is 1. The van der Waals surface area contributed by atoms with Crippen LogP contribution in [0.2, 0.25) is 0 Å². The summed E-state index contributed by atoms with van der Waals surface area (Å²) in [5, 5.41) is 9.33. The fraction of sp³-hybridized carbons (Fsp3) is 0.538. The fourth-order valence-corrected chi connectivity index (χ4v) is 2.46. The van der Waals surface area contributed by atoms with Crippen molar-refractivity contribution in [1.29, 1.82) is 0 Å². The highest BCUT2D eigenvalue weighted by atomic mass is 16.5. The summed E-state index contributed by atoms with van der Waals surface area (Å²) < 4.78 is 5.74. The van der Waals surface area contributed by atoms with Gasteiger partial charge in [-0.05, 0) is 19.9 Å². The molecule has 1 aromatic heterocycles. The zero-order chi connectivity index (χ0) is 14.9. The van der Waals surface area contributed by atoms with Gasteiger partial charge in [0.1, 0.15) is 5.82 Å². The first kappa shape index (κ1) is 14.5. The van der Waals surface area contributed by atoms with Gasteiger partial charge in [-0.2, -0.15) is 0 Å². The van der Waals surface area contributed by atoms with Crippen LogP contribution >= 0.6 is 0 Å². The minimum atomic E-state index is -0.579. The van der Waals surface area contributed by atoms with Gasteiger partial charge in [-0.15, -0.1) is 0 Å². The van der Waals surface area contributed by atoms with Crippen molar-refractivity contribution in [2.45, 2.75) is 25.6 Å². The number of nitrogens with two attached hydrogens (primary N) is 2. The van der Waals surface area contributed by atoms with E-state index in [1.165, 1.54) is 12.3 Å². The first-order valence-corrected chi connectivity index (χ1v) is 6.41. The molecule has 0 aromatic carbocycles. The molecular weight excluding hydrogens is 260 g/mol. The molecule has 0 aliphatic carbocycles. The first-order chi connectivity index (χ1) is 9.32. The lowest BCUT2D eigenvalue weighted by atomic mass is 10.0. The van der Waals surface area contributed by atoms with Gasteiger partial charge in [0.25, 0.3) is 5.91 Å². The average Bonchev–Trinajstić information content (AvgIpc) is 2.36. The molecule has 1 amide bonds. The number of carbonyl (C=O) groups is 1. The Morgan fingerprint density at radius 3 is 2.95 bits per heavy atom. The third kappa shape index (κ3) is 3.00. The molecule has 0 saturated carbocycles. The van der Waals surface area contributed by atoms with Gasteiger partial charge in [-0.1, -0.05) is 0 Å². The molecule has 2 heterocycles. The van der Waals surface area contributed by atoms with E-state index >= 15 is 0 Å². The molecule has 7 nitrogen and oxygen atoms in total. The molecule has 0 radical (unpaired) electrons. The second kappa shape index (κ2) is 5.26. The zero-order valence-electron chi connectivity index (χ0n) is 11.7. The Morgan fingerprint density at radius 1 is 1.65 bits per heavy atom. The summed E-state index contributed by atoms with van der Waals surface area (Å²) in [6.07, 6.45) is 1.15. The number of primary amides is 1. The number of aliphatic hydroxyl groups excluding tert-OH is 1. The number of carbonyl (C=O) groups excluding carboxylic acids is 1. The molecule has 5 N–H and O–H groups in total. The number of aliphatic hydroxyl groups is 1. The van der Waals surface area contributed by atoms with Crippen molar-refractivity contribution in [2.24, 2.45) is 5.73 Å². The van der Waals surface area contributed by atoms with E-state index in [9.17, 15) is 9.90 Å². The molecule has 1 unspecified atom stereocenters. The Hall–Kier alpha value is -1.86. The predicted octanol–water partition coefficient (Wildman–Crippen LogP) is -0.261. The van der Waals surface area contributed by atoms with E-state index in [-0.39, 0.29) is 18.3 Å². The number of rotatable bonds is 3. The van der Waals surface area contributed by atoms with E-state index in [0.29, 0.717) is 24.6 Å². The topological polar surface area (TPSA) is 115 Å².